The molecular weight excluding hydrogens is 332 g/mol. The summed E-state index contributed by atoms with van der Waals surface area (Å²) in [5, 5.41) is 0. The minimum atomic E-state index is -3.83. The first-order chi connectivity index (χ1) is 11.4. The highest BCUT2D eigenvalue weighted by Gasteiger charge is 2.25. The quantitative estimate of drug-likeness (QED) is 0.428. The molecule has 0 aromatic heterocycles. The van der Waals surface area contributed by atoms with Gasteiger partial charge in [0.2, 0.25) is 0 Å². The van der Waals surface area contributed by atoms with Gasteiger partial charge in [0.05, 0.1) is 5.75 Å². The maximum atomic E-state index is 10.8. The second-order valence-electron chi connectivity index (χ2n) is 8.44. The van der Waals surface area contributed by atoms with E-state index in [9.17, 15) is 8.42 Å². The van der Waals surface area contributed by atoms with Gasteiger partial charge in [-0.1, -0.05) is 66.2 Å². The Morgan fingerprint density at radius 2 is 1.52 bits per heavy atom. The van der Waals surface area contributed by atoms with Gasteiger partial charge < -0.3 is 0 Å². The highest BCUT2D eigenvalue weighted by atomic mass is 32.2. The van der Waals surface area contributed by atoms with Gasteiger partial charge in [0.25, 0.3) is 10.1 Å². The molecule has 0 aliphatic rings. The molecule has 0 spiro atoms. The smallest absolute Gasteiger partial charge is 0.264 e. The van der Waals surface area contributed by atoms with Crippen LogP contribution in [0.3, 0.4) is 0 Å². The Bertz CT molecular complexity index is 658. The van der Waals surface area contributed by atoms with Crippen LogP contribution in [0.5, 0.6) is 0 Å². The molecule has 0 heterocycles. The van der Waals surface area contributed by atoms with Crippen molar-refractivity contribution in [2.45, 2.75) is 90.9 Å². The average Bonchev–Trinajstić information content (AvgIpc) is 2.53. The molecule has 0 unspecified atom stereocenters. The van der Waals surface area contributed by atoms with E-state index in [1.807, 2.05) is 0 Å². The van der Waals surface area contributed by atoms with Crippen molar-refractivity contribution in [1.29, 1.82) is 0 Å². The summed E-state index contributed by atoms with van der Waals surface area (Å²) in [7, 11) is -3.83. The maximum Gasteiger partial charge on any atom is 0.264 e. The van der Waals surface area contributed by atoms with E-state index in [1.165, 1.54) is 16.7 Å². The van der Waals surface area contributed by atoms with Crippen LogP contribution in [0.25, 0.3) is 0 Å². The average molecular weight is 369 g/mol. The second kappa shape index (κ2) is 8.68. The van der Waals surface area contributed by atoms with Crippen molar-refractivity contribution < 1.29 is 13.0 Å². The SMILES string of the molecule is CCC(C)(C)c1ccc(CCCCCS(=O)(=O)O)c(C(C)(C)CC)c1. The summed E-state index contributed by atoms with van der Waals surface area (Å²) in [6.07, 6.45) is 5.42. The molecular formula is C21H36O3S. The van der Waals surface area contributed by atoms with Gasteiger partial charge in [-0.15, -0.1) is 0 Å². The van der Waals surface area contributed by atoms with Crippen LogP contribution in [-0.4, -0.2) is 18.7 Å². The van der Waals surface area contributed by atoms with Crippen LogP contribution in [0.4, 0.5) is 0 Å². The Labute approximate surface area is 155 Å². The summed E-state index contributed by atoms with van der Waals surface area (Å²) in [5.41, 5.74) is 4.48. The summed E-state index contributed by atoms with van der Waals surface area (Å²) in [5.74, 6) is -0.135. The normalized spacial score (nSPS) is 13.2. The predicted octanol–water partition coefficient (Wildman–Crippen LogP) is 5.66. The van der Waals surface area contributed by atoms with E-state index in [2.05, 4.69) is 59.7 Å². The molecule has 0 aliphatic heterocycles. The predicted molar refractivity (Wildman–Crippen MR) is 107 cm³/mol. The zero-order chi connectivity index (χ0) is 19.3. The zero-order valence-electron chi connectivity index (χ0n) is 16.9. The summed E-state index contributed by atoms with van der Waals surface area (Å²) in [6.45, 7) is 13.6. The zero-order valence-corrected chi connectivity index (χ0v) is 17.7. The largest absolute Gasteiger partial charge is 0.286 e. The molecule has 0 aliphatic carbocycles. The van der Waals surface area contributed by atoms with Crippen molar-refractivity contribution in [3.8, 4) is 0 Å². The van der Waals surface area contributed by atoms with Gasteiger partial charge >= 0.3 is 0 Å². The number of hydrogen-bond acceptors (Lipinski definition) is 2. The van der Waals surface area contributed by atoms with Crippen molar-refractivity contribution in [1.82, 2.24) is 0 Å². The molecule has 0 saturated heterocycles. The second-order valence-corrected chi connectivity index (χ2v) is 10.0. The van der Waals surface area contributed by atoms with Crippen molar-refractivity contribution in [2.24, 2.45) is 0 Å². The van der Waals surface area contributed by atoms with Crippen LogP contribution in [0, 0.1) is 0 Å². The van der Waals surface area contributed by atoms with Crippen molar-refractivity contribution in [3.63, 3.8) is 0 Å². The van der Waals surface area contributed by atoms with Crippen LogP contribution < -0.4 is 0 Å². The van der Waals surface area contributed by atoms with Crippen molar-refractivity contribution in [2.75, 3.05) is 5.75 Å². The van der Waals surface area contributed by atoms with E-state index in [-0.39, 0.29) is 16.6 Å². The van der Waals surface area contributed by atoms with Crippen LogP contribution in [-0.2, 0) is 27.4 Å². The fourth-order valence-electron chi connectivity index (χ4n) is 3.02. The molecule has 4 heteroatoms. The minimum absolute atomic E-state index is 0.129. The van der Waals surface area contributed by atoms with Gasteiger partial charge in [0.15, 0.2) is 0 Å². The number of rotatable bonds is 10. The molecule has 1 rings (SSSR count). The highest BCUT2D eigenvalue weighted by molar-refractivity contribution is 7.85. The monoisotopic (exact) mass is 368 g/mol. The molecule has 144 valence electrons. The molecule has 1 aromatic rings. The Balaban J connectivity index is 2.95. The Morgan fingerprint density at radius 1 is 0.920 bits per heavy atom. The van der Waals surface area contributed by atoms with Crippen LogP contribution in [0.2, 0.25) is 0 Å². The third-order valence-electron chi connectivity index (χ3n) is 5.74. The molecule has 0 atom stereocenters. The van der Waals surface area contributed by atoms with E-state index in [4.69, 9.17) is 4.55 Å². The lowest BCUT2D eigenvalue weighted by Gasteiger charge is -2.31. The lowest BCUT2D eigenvalue weighted by atomic mass is 9.74. The number of benzene rings is 1. The topological polar surface area (TPSA) is 54.4 Å². The van der Waals surface area contributed by atoms with E-state index in [0.29, 0.717) is 6.42 Å². The minimum Gasteiger partial charge on any atom is -0.286 e. The van der Waals surface area contributed by atoms with Crippen molar-refractivity contribution >= 4 is 10.1 Å². The van der Waals surface area contributed by atoms with Crippen molar-refractivity contribution in [3.05, 3.63) is 34.9 Å². The molecule has 0 fully saturated rings. The first kappa shape index (κ1) is 22.2. The summed E-state index contributed by atoms with van der Waals surface area (Å²) < 4.78 is 30.4. The highest BCUT2D eigenvalue weighted by Crippen LogP contribution is 2.35. The number of unbranched alkanes of at least 4 members (excludes halogenated alkanes) is 2. The molecule has 0 saturated carbocycles. The first-order valence-corrected chi connectivity index (χ1v) is 11.1. The van der Waals surface area contributed by atoms with Gasteiger partial charge in [-0.2, -0.15) is 8.42 Å². The Kier molecular flexibility index (Phi) is 7.70. The fourth-order valence-corrected chi connectivity index (χ4v) is 3.59. The van der Waals surface area contributed by atoms with E-state index in [1.54, 1.807) is 0 Å². The Hall–Kier alpha value is -0.870. The van der Waals surface area contributed by atoms with Gasteiger partial charge in [-0.05, 0) is 59.6 Å². The summed E-state index contributed by atoms with van der Waals surface area (Å²) in [4.78, 5) is 0. The van der Waals surface area contributed by atoms with Crippen LogP contribution >= 0.6 is 0 Å². The van der Waals surface area contributed by atoms with Gasteiger partial charge in [0.1, 0.15) is 0 Å². The maximum absolute atomic E-state index is 10.8. The molecule has 1 N–H and O–H groups in total. The third-order valence-corrected chi connectivity index (χ3v) is 6.54. The summed E-state index contributed by atoms with van der Waals surface area (Å²) in [6, 6.07) is 6.91. The molecule has 25 heavy (non-hydrogen) atoms. The molecule has 0 radical (unpaired) electrons. The van der Waals surface area contributed by atoms with E-state index < -0.39 is 10.1 Å². The van der Waals surface area contributed by atoms with E-state index >= 15 is 0 Å². The molecule has 0 amide bonds. The Morgan fingerprint density at radius 3 is 2.04 bits per heavy atom. The van der Waals surface area contributed by atoms with Gasteiger partial charge in [-0.25, -0.2) is 0 Å². The van der Waals surface area contributed by atoms with Gasteiger partial charge in [0, 0.05) is 0 Å². The lowest BCUT2D eigenvalue weighted by molar-refractivity contribution is 0.479. The van der Waals surface area contributed by atoms with Crippen LogP contribution in [0.1, 0.15) is 90.3 Å². The summed E-state index contributed by atoms with van der Waals surface area (Å²) >= 11 is 0. The van der Waals surface area contributed by atoms with Gasteiger partial charge in [-0.3, -0.25) is 4.55 Å². The molecule has 3 nitrogen and oxygen atoms in total. The van der Waals surface area contributed by atoms with E-state index in [0.717, 1.165) is 32.1 Å². The standard InChI is InChI=1S/C21H36O3S/c1-7-20(3,4)18-14-13-17(19(16-18)21(5,6)8-2)12-10-9-11-15-25(22,23)24/h13-14,16H,7-12,15H2,1-6H3,(H,22,23,24). The fraction of sp³-hybridized carbons (Fsp3) is 0.714. The number of aryl methyl sites for hydroxylation is 1. The third kappa shape index (κ3) is 6.74. The lowest BCUT2D eigenvalue weighted by Crippen LogP contribution is -2.22. The first-order valence-electron chi connectivity index (χ1n) is 9.52. The molecule has 0 bridgehead atoms. The molecule has 1 aromatic carbocycles. The number of hydrogen-bond donors (Lipinski definition) is 1. The van der Waals surface area contributed by atoms with Crippen LogP contribution in [0.15, 0.2) is 18.2 Å².